The fourth-order valence-corrected chi connectivity index (χ4v) is 3.75. The zero-order valence-electron chi connectivity index (χ0n) is 11.6. The first-order valence-corrected chi connectivity index (χ1v) is 8.91. The fourth-order valence-electron chi connectivity index (χ4n) is 2.46. The topological polar surface area (TPSA) is 54.5 Å². The highest BCUT2D eigenvalue weighted by Crippen LogP contribution is 2.10. The first-order valence-electron chi connectivity index (χ1n) is 7.09. The average Bonchev–Trinajstić information content (AvgIpc) is 2.93. The van der Waals surface area contributed by atoms with Crippen LogP contribution in [0.2, 0.25) is 0 Å². The Kier molecular flexibility index (Phi) is 5.17. The predicted molar refractivity (Wildman–Crippen MR) is 79.2 cm³/mol. The minimum atomic E-state index is -3.28. The molecule has 5 heteroatoms. The number of benzene rings is 1. The number of carbonyl (C=O) groups excluding carboxylic acids is 1. The zero-order valence-corrected chi connectivity index (χ0v) is 12.4. The van der Waals surface area contributed by atoms with E-state index in [4.69, 9.17) is 0 Å². The van der Waals surface area contributed by atoms with Crippen LogP contribution in [0, 0.1) is 0 Å². The van der Waals surface area contributed by atoms with E-state index in [0.717, 1.165) is 24.8 Å². The van der Waals surface area contributed by atoms with E-state index in [-0.39, 0.29) is 17.4 Å². The number of hydrogen-bond acceptors (Lipinski definition) is 3. The standard InChI is InChI=1S/C15H21NO3S/c17-15(16-10-4-5-11-16)13-20(18,19)12-6-9-14-7-2-1-3-8-14/h1-3,7-8H,4-6,9-13H2. The molecule has 1 fully saturated rings. The minimum absolute atomic E-state index is 0.0848. The molecule has 1 aromatic carbocycles. The number of amides is 1. The zero-order chi connectivity index (χ0) is 14.4. The van der Waals surface area contributed by atoms with Crippen molar-refractivity contribution < 1.29 is 13.2 Å². The largest absolute Gasteiger partial charge is 0.342 e. The lowest BCUT2D eigenvalue weighted by Crippen LogP contribution is -2.34. The molecule has 1 aliphatic rings. The van der Waals surface area contributed by atoms with Gasteiger partial charge >= 0.3 is 0 Å². The van der Waals surface area contributed by atoms with Crippen LogP contribution in [0.15, 0.2) is 30.3 Å². The van der Waals surface area contributed by atoms with Crippen molar-refractivity contribution in [1.82, 2.24) is 4.90 Å². The van der Waals surface area contributed by atoms with Crippen LogP contribution in [-0.4, -0.2) is 43.8 Å². The molecule has 1 amide bonds. The first-order chi connectivity index (χ1) is 9.57. The Morgan fingerprint density at radius 3 is 2.40 bits per heavy atom. The smallest absolute Gasteiger partial charge is 0.237 e. The van der Waals surface area contributed by atoms with Crippen LogP contribution < -0.4 is 0 Å². The van der Waals surface area contributed by atoms with Gasteiger partial charge in [0.15, 0.2) is 9.84 Å². The maximum absolute atomic E-state index is 11.9. The normalized spacial score (nSPS) is 15.5. The molecular formula is C15H21NO3S. The molecule has 1 heterocycles. The summed E-state index contributed by atoms with van der Waals surface area (Å²) in [5, 5.41) is 0. The molecule has 110 valence electrons. The van der Waals surface area contributed by atoms with Crippen molar-refractivity contribution in [1.29, 1.82) is 0 Å². The third-order valence-corrected chi connectivity index (χ3v) is 5.16. The van der Waals surface area contributed by atoms with Gasteiger partial charge in [-0.2, -0.15) is 0 Å². The Labute approximate surface area is 120 Å². The maximum atomic E-state index is 11.9. The lowest BCUT2D eigenvalue weighted by molar-refractivity contribution is -0.127. The van der Waals surface area contributed by atoms with Crippen molar-refractivity contribution in [2.45, 2.75) is 25.7 Å². The van der Waals surface area contributed by atoms with Crippen LogP contribution in [0.25, 0.3) is 0 Å². The third kappa shape index (κ3) is 4.63. The van der Waals surface area contributed by atoms with Crippen LogP contribution in [-0.2, 0) is 21.1 Å². The van der Waals surface area contributed by atoms with Gasteiger partial charge in [0.1, 0.15) is 5.75 Å². The van der Waals surface area contributed by atoms with Crippen LogP contribution in [0.1, 0.15) is 24.8 Å². The molecule has 2 rings (SSSR count). The van der Waals surface area contributed by atoms with E-state index in [2.05, 4.69) is 0 Å². The molecule has 0 aliphatic carbocycles. The van der Waals surface area contributed by atoms with Gasteiger partial charge in [-0.15, -0.1) is 0 Å². The number of sulfone groups is 1. The van der Waals surface area contributed by atoms with Crippen LogP contribution in [0.5, 0.6) is 0 Å². The Hall–Kier alpha value is -1.36. The van der Waals surface area contributed by atoms with E-state index >= 15 is 0 Å². The monoisotopic (exact) mass is 295 g/mol. The van der Waals surface area contributed by atoms with E-state index in [1.807, 2.05) is 30.3 Å². The second-order valence-corrected chi connectivity index (χ2v) is 7.45. The lowest BCUT2D eigenvalue weighted by atomic mass is 10.1. The van der Waals surface area contributed by atoms with E-state index in [1.165, 1.54) is 0 Å². The van der Waals surface area contributed by atoms with Gasteiger partial charge in [0.25, 0.3) is 0 Å². The number of nitrogens with zero attached hydrogens (tertiary/aromatic N) is 1. The second-order valence-electron chi connectivity index (χ2n) is 5.27. The minimum Gasteiger partial charge on any atom is -0.342 e. The molecule has 20 heavy (non-hydrogen) atoms. The highest BCUT2D eigenvalue weighted by molar-refractivity contribution is 7.92. The molecule has 0 unspecified atom stereocenters. The van der Waals surface area contributed by atoms with Crippen molar-refractivity contribution in [3.63, 3.8) is 0 Å². The van der Waals surface area contributed by atoms with Crippen molar-refractivity contribution >= 4 is 15.7 Å². The summed E-state index contributed by atoms with van der Waals surface area (Å²) in [6.45, 7) is 1.41. The number of carbonyl (C=O) groups is 1. The van der Waals surface area contributed by atoms with Crippen LogP contribution in [0.4, 0.5) is 0 Å². The highest BCUT2D eigenvalue weighted by atomic mass is 32.2. The Bertz CT molecular complexity index is 533. The van der Waals surface area contributed by atoms with Crippen LogP contribution >= 0.6 is 0 Å². The molecule has 4 nitrogen and oxygen atoms in total. The molecule has 0 radical (unpaired) electrons. The Balaban J connectivity index is 1.77. The maximum Gasteiger partial charge on any atom is 0.237 e. The molecule has 0 saturated carbocycles. The van der Waals surface area contributed by atoms with Crippen molar-refractivity contribution in [3.05, 3.63) is 35.9 Å². The van der Waals surface area contributed by atoms with E-state index in [1.54, 1.807) is 4.90 Å². The van der Waals surface area contributed by atoms with Crippen LogP contribution in [0.3, 0.4) is 0 Å². The molecule has 0 bridgehead atoms. The van der Waals surface area contributed by atoms with Gasteiger partial charge in [0.05, 0.1) is 5.75 Å². The summed E-state index contributed by atoms with van der Waals surface area (Å²) >= 11 is 0. The molecule has 1 aliphatic heterocycles. The quantitative estimate of drug-likeness (QED) is 0.802. The second kappa shape index (κ2) is 6.88. The predicted octanol–water partition coefficient (Wildman–Crippen LogP) is 1.66. The lowest BCUT2D eigenvalue weighted by Gasteiger charge is -2.15. The number of rotatable bonds is 6. The molecule has 0 aromatic heterocycles. The average molecular weight is 295 g/mol. The van der Waals surface area contributed by atoms with Gasteiger partial charge in [-0.25, -0.2) is 8.42 Å². The van der Waals surface area contributed by atoms with Gasteiger partial charge < -0.3 is 4.90 Å². The van der Waals surface area contributed by atoms with Crippen molar-refractivity contribution in [3.8, 4) is 0 Å². The highest BCUT2D eigenvalue weighted by Gasteiger charge is 2.23. The first kappa shape index (κ1) is 15.0. The van der Waals surface area contributed by atoms with Gasteiger partial charge in [-0.05, 0) is 31.2 Å². The summed E-state index contributed by atoms with van der Waals surface area (Å²) in [7, 11) is -3.28. The van der Waals surface area contributed by atoms with Crippen molar-refractivity contribution in [2.24, 2.45) is 0 Å². The van der Waals surface area contributed by atoms with E-state index in [9.17, 15) is 13.2 Å². The molecule has 1 aromatic rings. The Morgan fingerprint density at radius 1 is 1.10 bits per heavy atom. The summed E-state index contributed by atoms with van der Waals surface area (Å²) in [4.78, 5) is 13.5. The van der Waals surface area contributed by atoms with Gasteiger partial charge in [-0.3, -0.25) is 4.79 Å². The van der Waals surface area contributed by atoms with E-state index in [0.29, 0.717) is 19.5 Å². The van der Waals surface area contributed by atoms with Crippen molar-refractivity contribution in [2.75, 3.05) is 24.6 Å². The Morgan fingerprint density at radius 2 is 1.75 bits per heavy atom. The van der Waals surface area contributed by atoms with Gasteiger partial charge in [0.2, 0.25) is 5.91 Å². The SMILES string of the molecule is O=C(CS(=O)(=O)CCCc1ccccc1)N1CCCC1. The number of hydrogen-bond donors (Lipinski definition) is 0. The summed E-state index contributed by atoms with van der Waals surface area (Å²) in [5.41, 5.74) is 1.13. The molecule has 1 saturated heterocycles. The molecular weight excluding hydrogens is 274 g/mol. The molecule has 0 spiro atoms. The third-order valence-electron chi connectivity index (χ3n) is 3.57. The summed E-state index contributed by atoms with van der Waals surface area (Å²) in [6.07, 6.45) is 3.27. The molecule has 0 atom stereocenters. The fraction of sp³-hybridized carbons (Fsp3) is 0.533. The number of aryl methyl sites for hydroxylation is 1. The summed E-state index contributed by atoms with van der Waals surface area (Å²) in [6, 6.07) is 9.81. The summed E-state index contributed by atoms with van der Waals surface area (Å²) in [5.74, 6) is -0.481. The summed E-state index contributed by atoms with van der Waals surface area (Å²) < 4.78 is 23.9. The van der Waals surface area contributed by atoms with Gasteiger partial charge in [0, 0.05) is 13.1 Å². The number of likely N-dealkylation sites (tertiary alicyclic amines) is 1. The molecule has 0 N–H and O–H groups in total. The van der Waals surface area contributed by atoms with Gasteiger partial charge in [-0.1, -0.05) is 30.3 Å². The van der Waals surface area contributed by atoms with E-state index < -0.39 is 9.84 Å².